The van der Waals surface area contributed by atoms with Gasteiger partial charge in [0.2, 0.25) is 0 Å². The molecule has 0 spiro atoms. The average molecular weight is 225 g/mol. The summed E-state index contributed by atoms with van der Waals surface area (Å²) in [7, 11) is 0. The van der Waals surface area contributed by atoms with Gasteiger partial charge in [-0.25, -0.2) is 4.98 Å². The lowest BCUT2D eigenvalue weighted by Gasteiger charge is -2.03. The minimum atomic E-state index is 0.518. The summed E-state index contributed by atoms with van der Waals surface area (Å²) in [6.07, 6.45) is 2.05. The predicted octanol–water partition coefficient (Wildman–Crippen LogP) is 2.56. The molecule has 0 bridgehead atoms. The van der Waals surface area contributed by atoms with Crippen LogP contribution in [-0.2, 0) is 6.54 Å². The fourth-order valence-electron chi connectivity index (χ4n) is 2.34. The van der Waals surface area contributed by atoms with E-state index in [2.05, 4.69) is 46.8 Å². The Labute approximate surface area is 99.9 Å². The Hall–Kier alpha value is -1.87. The van der Waals surface area contributed by atoms with E-state index in [-0.39, 0.29) is 0 Å². The number of aromatic nitrogens is 2. The summed E-state index contributed by atoms with van der Waals surface area (Å²) in [5.74, 6) is 0. The van der Waals surface area contributed by atoms with Crippen LogP contribution >= 0.6 is 0 Å². The highest BCUT2D eigenvalue weighted by Crippen LogP contribution is 2.23. The smallest absolute Gasteiger partial charge is 0.145 e. The van der Waals surface area contributed by atoms with E-state index in [1.165, 1.54) is 16.3 Å². The van der Waals surface area contributed by atoms with Gasteiger partial charge in [-0.3, -0.25) is 0 Å². The van der Waals surface area contributed by atoms with Crippen molar-refractivity contribution in [2.24, 2.45) is 5.73 Å². The molecule has 0 saturated carbocycles. The molecule has 2 aromatic heterocycles. The van der Waals surface area contributed by atoms with Crippen LogP contribution in [0.25, 0.3) is 16.4 Å². The molecule has 0 aliphatic heterocycles. The van der Waals surface area contributed by atoms with Crippen molar-refractivity contribution in [1.29, 1.82) is 0 Å². The molecule has 0 radical (unpaired) electrons. The lowest BCUT2D eigenvalue weighted by Crippen LogP contribution is -2.02. The molecule has 3 aromatic rings. The SMILES string of the molecule is Cc1ccc2ccn3c(CN)c(C)nc3c2c1. The molecular weight excluding hydrogens is 210 g/mol. The van der Waals surface area contributed by atoms with E-state index in [1.807, 2.05) is 6.92 Å². The highest BCUT2D eigenvalue weighted by Gasteiger charge is 2.09. The molecule has 0 fully saturated rings. The van der Waals surface area contributed by atoms with Gasteiger partial charge in [-0.1, -0.05) is 17.7 Å². The van der Waals surface area contributed by atoms with Gasteiger partial charge in [0.1, 0.15) is 5.65 Å². The molecule has 0 saturated heterocycles. The first-order chi connectivity index (χ1) is 8.20. The summed E-state index contributed by atoms with van der Waals surface area (Å²) in [5.41, 5.74) is 10.1. The summed E-state index contributed by atoms with van der Waals surface area (Å²) in [4.78, 5) is 4.64. The quantitative estimate of drug-likeness (QED) is 0.691. The molecule has 86 valence electrons. The predicted molar refractivity (Wildman–Crippen MR) is 70.1 cm³/mol. The van der Waals surface area contributed by atoms with Crippen molar-refractivity contribution in [3.8, 4) is 0 Å². The number of hydrogen-bond acceptors (Lipinski definition) is 2. The van der Waals surface area contributed by atoms with Crippen LogP contribution < -0.4 is 5.73 Å². The third-order valence-corrected chi connectivity index (χ3v) is 3.26. The van der Waals surface area contributed by atoms with E-state index in [0.29, 0.717) is 6.54 Å². The van der Waals surface area contributed by atoms with Crippen molar-refractivity contribution in [3.05, 3.63) is 47.4 Å². The Kier molecular flexibility index (Phi) is 2.16. The number of rotatable bonds is 1. The molecule has 0 aliphatic rings. The molecule has 0 aliphatic carbocycles. The van der Waals surface area contributed by atoms with E-state index in [9.17, 15) is 0 Å². The van der Waals surface area contributed by atoms with Crippen molar-refractivity contribution in [2.45, 2.75) is 20.4 Å². The molecule has 0 amide bonds. The van der Waals surface area contributed by atoms with Crippen LogP contribution in [0.2, 0.25) is 0 Å². The maximum absolute atomic E-state index is 5.77. The maximum Gasteiger partial charge on any atom is 0.145 e. The highest BCUT2D eigenvalue weighted by atomic mass is 15.0. The van der Waals surface area contributed by atoms with Crippen LogP contribution in [0.15, 0.2) is 30.5 Å². The summed E-state index contributed by atoms with van der Waals surface area (Å²) in [5, 5.41) is 2.41. The average Bonchev–Trinajstić information content (AvgIpc) is 2.65. The van der Waals surface area contributed by atoms with Crippen LogP contribution in [0.1, 0.15) is 17.0 Å². The summed E-state index contributed by atoms with van der Waals surface area (Å²) >= 11 is 0. The minimum absolute atomic E-state index is 0.518. The molecule has 3 heteroatoms. The number of pyridine rings is 1. The van der Waals surface area contributed by atoms with E-state index in [4.69, 9.17) is 5.73 Å². The molecule has 0 atom stereocenters. The fourth-order valence-corrected chi connectivity index (χ4v) is 2.34. The summed E-state index contributed by atoms with van der Waals surface area (Å²) in [6.45, 7) is 4.63. The van der Waals surface area contributed by atoms with Crippen LogP contribution in [-0.4, -0.2) is 9.38 Å². The number of benzene rings is 1. The number of imidazole rings is 1. The van der Waals surface area contributed by atoms with Gasteiger partial charge < -0.3 is 10.1 Å². The lowest BCUT2D eigenvalue weighted by molar-refractivity contribution is 0.946. The first-order valence-corrected chi connectivity index (χ1v) is 5.77. The summed E-state index contributed by atoms with van der Waals surface area (Å²) in [6, 6.07) is 8.55. The lowest BCUT2D eigenvalue weighted by atomic mass is 10.1. The molecule has 3 nitrogen and oxygen atoms in total. The van der Waals surface area contributed by atoms with Crippen molar-refractivity contribution < 1.29 is 0 Å². The first-order valence-electron chi connectivity index (χ1n) is 5.77. The zero-order chi connectivity index (χ0) is 12.0. The van der Waals surface area contributed by atoms with Crippen molar-refractivity contribution in [1.82, 2.24) is 9.38 Å². The zero-order valence-corrected chi connectivity index (χ0v) is 10.1. The van der Waals surface area contributed by atoms with Crippen molar-refractivity contribution in [2.75, 3.05) is 0 Å². The molecule has 3 rings (SSSR count). The van der Waals surface area contributed by atoms with Crippen LogP contribution in [0.5, 0.6) is 0 Å². The fraction of sp³-hybridized carbons (Fsp3) is 0.214. The Bertz CT molecular complexity index is 710. The number of hydrogen-bond donors (Lipinski definition) is 1. The van der Waals surface area contributed by atoms with Gasteiger partial charge in [-0.05, 0) is 31.4 Å². The van der Waals surface area contributed by atoms with Crippen molar-refractivity contribution >= 4 is 16.4 Å². The van der Waals surface area contributed by atoms with Gasteiger partial charge in [-0.2, -0.15) is 0 Å². The van der Waals surface area contributed by atoms with Gasteiger partial charge in [0, 0.05) is 18.1 Å². The number of nitrogens with two attached hydrogens (primary N) is 1. The molecule has 1 aromatic carbocycles. The second kappa shape index (κ2) is 3.57. The Morgan fingerprint density at radius 3 is 2.82 bits per heavy atom. The molecule has 17 heavy (non-hydrogen) atoms. The van der Waals surface area contributed by atoms with Crippen LogP contribution in [0, 0.1) is 13.8 Å². The van der Waals surface area contributed by atoms with Crippen LogP contribution in [0.3, 0.4) is 0 Å². The standard InChI is InChI=1S/C14H15N3/c1-9-3-4-11-5-6-17-13(8-15)10(2)16-14(17)12(11)7-9/h3-7H,8,15H2,1-2H3. The Morgan fingerprint density at radius 2 is 2.06 bits per heavy atom. The topological polar surface area (TPSA) is 43.3 Å². The second-order valence-electron chi connectivity index (χ2n) is 4.45. The van der Waals surface area contributed by atoms with Gasteiger partial charge >= 0.3 is 0 Å². The Morgan fingerprint density at radius 1 is 1.24 bits per heavy atom. The molecule has 0 unspecified atom stereocenters. The summed E-state index contributed by atoms with van der Waals surface area (Å²) < 4.78 is 2.09. The minimum Gasteiger partial charge on any atom is -0.325 e. The zero-order valence-electron chi connectivity index (χ0n) is 10.1. The molecule has 2 N–H and O–H groups in total. The number of fused-ring (bicyclic) bond motifs is 3. The van der Waals surface area contributed by atoms with Gasteiger partial charge in [0.15, 0.2) is 0 Å². The first kappa shape index (κ1) is 10.3. The van der Waals surface area contributed by atoms with Crippen LogP contribution in [0.4, 0.5) is 0 Å². The monoisotopic (exact) mass is 225 g/mol. The van der Waals surface area contributed by atoms with Gasteiger partial charge in [0.05, 0.1) is 11.4 Å². The van der Waals surface area contributed by atoms with Gasteiger partial charge in [0.25, 0.3) is 0 Å². The van der Waals surface area contributed by atoms with E-state index in [1.54, 1.807) is 0 Å². The second-order valence-corrected chi connectivity index (χ2v) is 4.45. The Balaban J connectivity index is 2.51. The number of aryl methyl sites for hydroxylation is 2. The highest BCUT2D eigenvalue weighted by molar-refractivity contribution is 5.94. The van der Waals surface area contributed by atoms with E-state index in [0.717, 1.165) is 17.0 Å². The van der Waals surface area contributed by atoms with E-state index < -0.39 is 0 Å². The molecule has 2 heterocycles. The number of nitrogens with zero attached hydrogens (tertiary/aromatic N) is 2. The third-order valence-electron chi connectivity index (χ3n) is 3.26. The third kappa shape index (κ3) is 1.43. The van der Waals surface area contributed by atoms with E-state index >= 15 is 0 Å². The molecular formula is C14H15N3. The largest absolute Gasteiger partial charge is 0.325 e. The van der Waals surface area contributed by atoms with Crippen molar-refractivity contribution in [3.63, 3.8) is 0 Å². The van der Waals surface area contributed by atoms with Gasteiger partial charge in [-0.15, -0.1) is 0 Å². The normalized spacial score (nSPS) is 11.5. The maximum atomic E-state index is 5.77.